The lowest BCUT2D eigenvalue weighted by molar-refractivity contribution is -0.425. The van der Waals surface area contributed by atoms with E-state index in [-0.39, 0.29) is 42.3 Å². The van der Waals surface area contributed by atoms with Crippen LogP contribution in [0.4, 0.5) is 70.2 Å². The molecule has 0 aromatic heterocycles. The van der Waals surface area contributed by atoms with Gasteiger partial charge in [0.1, 0.15) is 0 Å². The van der Waals surface area contributed by atoms with E-state index in [1.807, 2.05) is 0 Å². The number of rotatable bonds is 25. The first-order valence-electron chi connectivity index (χ1n) is 15.5. The number of alkyl halides is 16. The van der Waals surface area contributed by atoms with Gasteiger partial charge in [0.2, 0.25) is 0 Å². The third-order valence-electron chi connectivity index (χ3n) is 7.53. The summed E-state index contributed by atoms with van der Waals surface area (Å²) in [7, 11) is -9.76. The van der Waals surface area contributed by atoms with Crippen molar-refractivity contribution in [2.75, 3.05) is 13.2 Å². The summed E-state index contributed by atoms with van der Waals surface area (Å²) in [6.07, 6.45) is -12.9. The van der Waals surface area contributed by atoms with Crippen molar-refractivity contribution in [3.05, 3.63) is 12.2 Å². The Labute approximate surface area is 294 Å². The number of halogens is 16. The van der Waals surface area contributed by atoms with Gasteiger partial charge in [0.05, 0.1) is 13.2 Å². The summed E-state index contributed by atoms with van der Waals surface area (Å²) in [5.41, 5.74) is 0.222. The Balaban J connectivity index is 5.77. The molecule has 0 amide bonds. The summed E-state index contributed by atoms with van der Waals surface area (Å²) in [6, 6.07) is -0.278. The van der Waals surface area contributed by atoms with E-state index in [2.05, 4.69) is 16.1 Å². The zero-order chi connectivity index (χ0) is 41.8. The number of allylic oxidation sites excluding steroid dienone is 1. The Morgan fingerprint density at radius 2 is 0.846 bits per heavy atom. The fraction of sp³-hybridized carbons (Fsp3) is 0.893. The lowest BCUT2D eigenvalue weighted by Crippen LogP contribution is -2.62. The molecule has 0 saturated carbocycles. The van der Waals surface area contributed by atoms with Crippen LogP contribution >= 0.6 is 0 Å². The highest BCUT2D eigenvalue weighted by Gasteiger charge is 2.81. The number of hydrogen-bond acceptors (Lipinski definition) is 5. The number of hydrogen-bond donors (Lipinski definition) is 0. The van der Waals surface area contributed by atoms with Crippen LogP contribution in [-0.4, -0.2) is 91.9 Å². The largest absolute Gasteiger partial charge is 0.436 e. The fourth-order valence-corrected chi connectivity index (χ4v) is 19.0. The first kappa shape index (κ1) is 50.8. The molecule has 0 spiro atoms. The number of ether oxygens (including phenoxy) is 2. The molecule has 0 radical (unpaired) electrons. The van der Waals surface area contributed by atoms with Gasteiger partial charge in [-0.05, 0) is 82.6 Å². The maximum absolute atomic E-state index is 13.9. The van der Waals surface area contributed by atoms with E-state index in [9.17, 15) is 75.0 Å². The van der Waals surface area contributed by atoms with Crippen molar-refractivity contribution in [2.24, 2.45) is 0 Å². The first-order chi connectivity index (χ1) is 22.7. The first-order valence-corrected chi connectivity index (χ1v) is 24.3. The van der Waals surface area contributed by atoms with E-state index in [1.165, 1.54) is 39.7 Å². The van der Waals surface area contributed by atoms with Gasteiger partial charge in [-0.15, -0.1) is 0 Å². The van der Waals surface area contributed by atoms with Crippen LogP contribution in [0.5, 0.6) is 0 Å². The van der Waals surface area contributed by atoms with Gasteiger partial charge in [0.25, 0.3) is 0 Å². The number of carbonyl (C=O) groups excluding carboxylic acids is 1. The van der Waals surface area contributed by atoms with Gasteiger partial charge < -0.3 is 17.7 Å². The molecule has 0 aromatic rings. The molecule has 0 N–H and O–H groups in total. The van der Waals surface area contributed by atoms with Gasteiger partial charge in [0, 0.05) is 20.3 Å². The van der Waals surface area contributed by atoms with Crippen LogP contribution in [0.2, 0.25) is 50.9 Å². The molecule has 0 aliphatic rings. The van der Waals surface area contributed by atoms with Crippen molar-refractivity contribution in [3.8, 4) is 0 Å². The predicted molar refractivity (Wildman–Crippen MR) is 164 cm³/mol. The highest BCUT2D eigenvalue weighted by Crippen LogP contribution is 2.54. The van der Waals surface area contributed by atoms with Crippen LogP contribution in [-0.2, 0) is 22.5 Å². The maximum Gasteiger partial charge on any atom is 0.426 e. The summed E-state index contributed by atoms with van der Waals surface area (Å²) >= 11 is 0. The Hall–Kier alpha value is -1.22. The quantitative estimate of drug-likeness (QED) is 0.0396. The van der Waals surface area contributed by atoms with Crippen LogP contribution in [0.15, 0.2) is 12.2 Å². The topological polar surface area (TPSA) is 54.0 Å². The predicted octanol–water partition coefficient (Wildman–Crippen LogP) is 11.3. The molecule has 0 atom stereocenters. The molecule has 0 fully saturated rings. The normalized spacial score (nSPS) is 15.3. The Bertz CT molecular complexity index is 1130. The molecule has 24 heteroatoms. The van der Waals surface area contributed by atoms with Gasteiger partial charge in [-0.1, -0.05) is 6.58 Å². The van der Waals surface area contributed by atoms with Crippen LogP contribution in [0, 0.1) is 0 Å². The third kappa shape index (κ3) is 12.7. The minimum absolute atomic E-state index is 0.0360. The van der Waals surface area contributed by atoms with Crippen LogP contribution in [0.25, 0.3) is 0 Å². The maximum atomic E-state index is 13.9. The molecular formula is C28H44F16O5Si3. The lowest BCUT2D eigenvalue weighted by atomic mass is 10.1. The van der Waals surface area contributed by atoms with Gasteiger partial charge in [-0.2, -0.15) is 70.2 Å². The summed E-state index contributed by atoms with van der Waals surface area (Å²) in [6.45, 7) is 8.60. The Kier molecular flexibility index (Phi) is 16.5. The number of ketones is 1. The van der Waals surface area contributed by atoms with Crippen molar-refractivity contribution in [1.29, 1.82) is 0 Å². The SMILES string of the molecule is C=C(C)C(=O)CCC[Si](C)(O[Si](C)(C)CCCOC(F)(F)C(F)(F)C(F)(F)C(C)(F)F)O[Si](C)(C)CCCOC(F)(F)C(F)(F)C(F)(F)C(C)(F)F. The second kappa shape index (κ2) is 16.9. The van der Waals surface area contributed by atoms with Crippen LogP contribution in [0.1, 0.15) is 46.5 Å². The molecule has 0 heterocycles. The highest BCUT2D eigenvalue weighted by molar-refractivity contribution is 6.88. The van der Waals surface area contributed by atoms with E-state index in [0.29, 0.717) is 0 Å². The molecule has 0 saturated heterocycles. The lowest BCUT2D eigenvalue weighted by Gasteiger charge is -2.41. The standard InChI is InChI=1S/C28H44F16O5Si3/c1-19(2)20(45)13-10-18-52(9,48-50(5,6)16-11-14-46-27(41,42)25(37,38)23(33,34)21(3,29)30)49-51(7,8)17-12-15-47-28(43,44)26(39,40)24(35,36)22(4,31)32/h1,10-18H2,2-9H3. The Morgan fingerprint density at radius 1 is 0.538 bits per heavy atom. The molecule has 0 rings (SSSR count). The minimum atomic E-state index is -6.60. The zero-order valence-corrected chi connectivity index (χ0v) is 32.7. The number of Topliss-reactive ketones (excluding diaryl/α,β-unsaturated/α-hetero) is 1. The van der Waals surface area contributed by atoms with Crippen molar-refractivity contribution in [1.82, 2.24) is 0 Å². The fourth-order valence-electron chi connectivity index (χ4n) is 4.67. The molecule has 0 aliphatic heterocycles. The molecular weight excluding hydrogens is 805 g/mol. The van der Waals surface area contributed by atoms with Gasteiger partial charge >= 0.3 is 56.3 Å². The third-order valence-corrected chi connectivity index (χ3v) is 19.8. The highest BCUT2D eigenvalue weighted by atomic mass is 28.5. The monoisotopic (exact) mass is 848 g/mol. The summed E-state index contributed by atoms with van der Waals surface area (Å²) in [5, 5.41) is 0. The molecule has 0 bridgehead atoms. The van der Waals surface area contributed by atoms with Gasteiger partial charge in [-0.3, -0.25) is 4.79 Å². The molecule has 5 nitrogen and oxygen atoms in total. The van der Waals surface area contributed by atoms with Crippen molar-refractivity contribution in [3.63, 3.8) is 0 Å². The molecule has 52 heavy (non-hydrogen) atoms. The average Bonchev–Trinajstić information content (AvgIpc) is 2.91. The summed E-state index contributed by atoms with van der Waals surface area (Å²) in [4.78, 5) is 12.1. The Morgan fingerprint density at radius 3 is 1.12 bits per heavy atom. The van der Waals surface area contributed by atoms with Crippen molar-refractivity contribution >= 4 is 31.0 Å². The smallest absolute Gasteiger partial charge is 0.426 e. The molecule has 0 aliphatic carbocycles. The minimum Gasteiger partial charge on any atom is -0.436 e. The van der Waals surface area contributed by atoms with Crippen LogP contribution in [0.3, 0.4) is 0 Å². The van der Waals surface area contributed by atoms with E-state index in [0.717, 1.165) is 0 Å². The molecule has 0 unspecified atom stereocenters. The molecule has 0 aromatic carbocycles. The van der Waals surface area contributed by atoms with Crippen LogP contribution < -0.4 is 0 Å². The van der Waals surface area contributed by atoms with Gasteiger partial charge in [-0.25, -0.2) is 0 Å². The van der Waals surface area contributed by atoms with Crippen molar-refractivity contribution < 1.29 is 92.7 Å². The van der Waals surface area contributed by atoms with Crippen molar-refractivity contribution in [2.45, 2.75) is 145 Å². The molecule has 310 valence electrons. The van der Waals surface area contributed by atoms with E-state index < -0.39 is 113 Å². The van der Waals surface area contributed by atoms with E-state index in [4.69, 9.17) is 8.23 Å². The second-order valence-electron chi connectivity index (χ2n) is 13.9. The summed E-state index contributed by atoms with van der Waals surface area (Å²) in [5.74, 6) is -37.6. The van der Waals surface area contributed by atoms with Gasteiger partial charge in [0.15, 0.2) is 22.4 Å². The number of carbonyl (C=O) groups is 1. The van der Waals surface area contributed by atoms with E-state index in [1.54, 1.807) is 0 Å². The second-order valence-corrected chi connectivity index (χ2v) is 26.4. The average molecular weight is 849 g/mol. The summed E-state index contributed by atoms with van der Waals surface area (Å²) < 4.78 is 237. The zero-order valence-electron chi connectivity index (χ0n) is 29.7. The van der Waals surface area contributed by atoms with E-state index >= 15 is 0 Å².